The molecule has 0 spiro atoms. The van der Waals surface area contributed by atoms with Crippen LogP contribution in [0.25, 0.3) is 0 Å². The van der Waals surface area contributed by atoms with Crippen molar-refractivity contribution in [3.63, 3.8) is 0 Å². The summed E-state index contributed by atoms with van der Waals surface area (Å²) >= 11 is 0. The molecule has 0 aromatic heterocycles. The summed E-state index contributed by atoms with van der Waals surface area (Å²) in [5.41, 5.74) is -1.47. The Bertz CT molecular complexity index is 586. The fourth-order valence-electron chi connectivity index (χ4n) is 8.60. The smallest absolute Gasteiger partial charge is 0.266 e. The lowest BCUT2D eigenvalue weighted by atomic mass is 9.48. The fraction of sp³-hybridized carbons (Fsp3) is 1.00. The topological polar surface area (TPSA) is 49.7 Å². The Labute approximate surface area is 174 Å². The molecule has 0 aromatic carbocycles. The fourth-order valence-corrected chi connectivity index (χ4v) is 8.60. The third-order valence-electron chi connectivity index (χ3n) is 10.1. The normalized spacial score (nSPS) is 49.2. The number of hydrogen-bond donors (Lipinski definition) is 2. The molecule has 0 aromatic rings. The van der Waals surface area contributed by atoms with Crippen molar-refractivity contribution in [2.45, 2.75) is 89.8 Å². The van der Waals surface area contributed by atoms with Crippen LogP contribution in [0.3, 0.4) is 0 Å². The van der Waals surface area contributed by atoms with Crippen molar-refractivity contribution in [1.82, 2.24) is 0 Å². The first kappa shape index (κ1) is 22.0. The Morgan fingerprint density at radius 1 is 1.00 bits per heavy atom. The molecule has 4 aliphatic rings. The Kier molecular flexibility index (Phi) is 6.07. The minimum Gasteiger partial charge on any atom is -0.390 e. The number of rotatable bonds is 5. The van der Waals surface area contributed by atoms with Crippen molar-refractivity contribution in [1.29, 1.82) is 0 Å². The van der Waals surface area contributed by atoms with Crippen LogP contribution >= 0.6 is 0 Å². The molecule has 0 saturated heterocycles. The van der Waals surface area contributed by atoms with E-state index in [1.165, 1.54) is 25.7 Å². The summed E-state index contributed by atoms with van der Waals surface area (Å²) in [5, 5.41) is 20.9. The highest BCUT2D eigenvalue weighted by Gasteiger charge is 2.59. The minimum absolute atomic E-state index is 0.244. The van der Waals surface area contributed by atoms with Crippen molar-refractivity contribution in [3.05, 3.63) is 0 Å². The maximum Gasteiger partial charge on any atom is 0.266 e. The molecule has 168 valence electrons. The molecule has 0 radical (unpaired) electrons. The van der Waals surface area contributed by atoms with Gasteiger partial charge in [0.1, 0.15) is 5.60 Å². The van der Waals surface area contributed by atoms with Gasteiger partial charge < -0.3 is 14.9 Å². The maximum atomic E-state index is 13.4. The van der Waals surface area contributed by atoms with E-state index in [-0.39, 0.29) is 23.7 Å². The number of ether oxygens (including phenoxy) is 1. The second-order valence-corrected chi connectivity index (χ2v) is 11.2. The first-order valence-corrected chi connectivity index (χ1v) is 11.9. The molecule has 0 amide bonds. The average molecular weight is 415 g/mol. The van der Waals surface area contributed by atoms with E-state index < -0.39 is 18.1 Å². The zero-order valence-electron chi connectivity index (χ0n) is 18.3. The van der Waals surface area contributed by atoms with Gasteiger partial charge in [-0.05, 0) is 105 Å². The summed E-state index contributed by atoms with van der Waals surface area (Å²) in [6.45, 7) is 5.06. The Morgan fingerprint density at radius 2 is 1.72 bits per heavy atom. The largest absolute Gasteiger partial charge is 0.390 e. The van der Waals surface area contributed by atoms with Crippen molar-refractivity contribution < 1.29 is 23.7 Å². The van der Waals surface area contributed by atoms with E-state index in [0.717, 1.165) is 19.3 Å². The lowest BCUT2D eigenvalue weighted by Crippen LogP contribution is -2.53. The molecule has 5 heteroatoms. The van der Waals surface area contributed by atoms with Gasteiger partial charge in [-0.3, -0.25) is 0 Å². The van der Waals surface area contributed by atoms with Gasteiger partial charge >= 0.3 is 0 Å². The van der Waals surface area contributed by atoms with E-state index in [1.54, 1.807) is 7.11 Å². The van der Waals surface area contributed by atoms with Gasteiger partial charge in [-0.1, -0.05) is 13.8 Å². The van der Waals surface area contributed by atoms with Crippen LogP contribution in [0.4, 0.5) is 8.78 Å². The summed E-state index contributed by atoms with van der Waals surface area (Å²) in [4.78, 5) is 0. The van der Waals surface area contributed by atoms with Crippen LogP contribution in [0.1, 0.15) is 71.6 Å². The van der Waals surface area contributed by atoms with Crippen LogP contribution in [0.15, 0.2) is 0 Å². The molecule has 4 rings (SSSR count). The zero-order chi connectivity index (χ0) is 21.0. The highest BCUT2D eigenvalue weighted by atomic mass is 19.3. The average Bonchev–Trinajstić information content (AvgIpc) is 3.04. The van der Waals surface area contributed by atoms with E-state index in [1.807, 2.05) is 0 Å². The van der Waals surface area contributed by atoms with Crippen molar-refractivity contribution >= 4 is 0 Å². The van der Waals surface area contributed by atoms with Gasteiger partial charge in [0.05, 0.1) is 12.7 Å². The lowest BCUT2D eigenvalue weighted by molar-refractivity contribution is -0.160. The quantitative estimate of drug-likeness (QED) is 0.673. The molecule has 4 aliphatic carbocycles. The molecule has 4 saturated carbocycles. The number of alkyl halides is 2. The maximum absolute atomic E-state index is 13.4. The Morgan fingerprint density at radius 3 is 2.41 bits per heavy atom. The van der Waals surface area contributed by atoms with Gasteiger partial charge in [-0.25, -0.2) is 8.78 Å². The van der Waals surface area contributed by atoms with E-state index in [4.69, 9.17) is 4.74 Å². The highest BCUT2D eigenvalue weighted by Crippen LogP contribution is 2.66. The molecule has 4 fully saturated rings. The summed E-state index contributed by atoms with van der Waals surface area (Å²) in [5.74, 6) is 3.61. The predicted molar refractivity (Wildman–Crippen MR) is 109 cm³/mol. The van der Waals surface area contributed by atoms with Crippen LogP contribution in [0, 0.1) is 46.8 Å². The van der Waals surface area contributed by atoms with E-state index in [2.05, 4.69) is 13.8 Å². The van der Waals surface area contributed by atoms with Gasteiger partial charge in [0, 0.05) is 7.11 Å². The van der Waals surface area contributed by atoms with Gasteiger partial charge in [0.25, 0.3) is 6.43 Å². The Balaban J connectivity index is 1.48. The molecular formula is C24H40F2O3. The molecule has 2 N–H and O–H groups in total. The van der Waals surface area contributed by atoms with Gasteiger partial charge in [-0.15, -0.1) is 0 Å². The second kappa shape index (κ2) is 8.02. The van der Waals surface area contributed by atoms with Crippen LogP contribution in [-0.4, -0.2) is 42.1 Å². The van der Waals surface area contributed by atoms with Crippen molar-refractivity contribution in [3.8, 4) is 0 Å². The van der Waals surface area contributed by atoms with Gasteiger partial charge in [0.2, 0.25) is 0 Å². The van der Waals surface area contributed by atoms with Crippen LogP contribution in [0.5, 0.6) is 0 Å². The number of hydrogen-bond acceptors (Lipinski definition) is 3. The summed E-state index contributed by atoms with van der Waals surface area (Å²) in [6.07, 6.45) is 5.24. The van der Waals surface area contributed by atoms with Crippen LogP contribution < -0.4 is 0 Å². The molecular weight excluding hydrogens is 374 g/mol. The molecule has 0 unspecified atom stereocenters. The van der Waals surface area contributed by atoms with Crippen LogP contribution in [-0.2, 0) is 4.74 Å². The van der Waals surface area contributed by atoms with Crippen molar-refractivity contribution in [2.24, 2.45) is 46.8 Å². The number of halogens is 2. The first-order valence-electron chi connectivity index (χ1n) is 11.9. The number of aliphatic hydroxyl groups excluding tert-OH is 1. The third kappa shape index (κ3) is 3.57. The van der Waals surface area contributed by atoms with Gasteiger partial charge in [-0.2, -0.15) is 0 Å². The molecule has 0 aliphatic heterocycles. The second-order valence-electron chi connectivity index (χ2n) is 11.2. The highest BCUT2D eigenvalue weighted by molar-refractivity contribution is 5.08. The standard InChI is InChI=1S/C24H40F2O3/c1-14(21(27)13-29-3)19-6-7-20-18-5-4-15-12-24(28,22(25)26)11-9-16(15)17(18)8-10-23(19,20)2/h14-22,27-28H,4-13H2,1-3H3/t14-,15+,16-,17+,18+,19+,20-,21+,23+,24+/m0/s1. The third-order valence-corrected chi connectivity index (χ3v) is 10.1. The minimum atomic E-state index is -2.62. The Hall–Kier alpha value is -0.260. The number of fused-ring (bicyclic) bond motifs is 5. The number of methoxy groups -OCH3 is 1. The van der Waals surface area contributed by atoms with Crippen LogP contribution in [0.2, 0.25) is 0 Å². The lowest BCUT2D eigenvalue weighted by Gasteiger charge is -2.57. The van der Waals surface area contributed by atoms with E-state index in [0.29, 0.717) is 42.6 Å². The number of aliphatic hydroxyl groups is 2. The molecule has 10 atom stereocenters. The van der Waals surface area contributed by atoms with Crippen molar-refractivity contribution in [2.75, 3.05) is 13.7 Å². The van der Waals surface area contributed by atoms with E-state index in [9.17, 15) is 19.0 Å². The summed E-state index contributed by atoms with van der Waals surface area (Å²) in [7, 11) is 1.65. The molecule has 0 heterocycles. The SMILES string of the molecule is COC[C@@H](O)[C@@H](C)[C@H]1CC[C@H]2[C@@H]3CC[C@@H]4C[C@@](O)(C(F)F)CC[C@@H]4[C@H]3CC[C@]12C. The predicted octanol–water partition coefficient (Wildman–Crippen LogP) is 4.89. The summed E-state index contributed by atoms with van der Waals surface area (Å²) in [6, 6.07) is 0. The van der Waals surface area contributed by atoms with E-state index >= 15 is 0 Å². The van der Waals surface area contributed by atoms with Gasteiger partial charge in [0.15, 0.2) is 0 Å². The monoisotopic (exact) mass is 414 g/mol. The first-order chi connectivity index (χ1) is 13.7. The molecule has 29 heavy (non-hydrogen) atoms. The molecule has 3 nitrogen and oxygen atoms in total. The molecule has 0 bridgehead atoms. The zero-order valence-corrected chi connectivity index (χ0v) is 18.3. The summed E-state index contributed by atoms with van der Waals surface area (Å²) < 4.78 is 32.0.